The van der Waals surface area contributed by atoms with Crippen LogP contribution < -0.4 is 10.6 Å². The summed E-state index contributed by atoms with van der Waals surface area (Å²) in [6.07, 6.45) is 3.24. The molecule has 0 saturated carbocycles. The largest absolute Gasteiger partial charge is 0.352 e. The summed E-state index contributed by atoms with van der Waals surface area (Å²) in [5.74, 6) is 0.570. The number of carbonyl (C=O) groups excluding carboxylic acids is 1. The monoisotopic (exact) mass is 329 g/mol. The van der Waals surface area contributed by atoms with E-state index in [1.807, 2.05) is 24.4 Å². The summed E-state index contributed by atoms with van der Waals surface area (Å²) in [6.45, 7) is 4.77. The molecule has 2 aromatic rings. The molecule has 1 fully saturated rings. The van der Waals surface area contributed by atoms with Crippen molar-refractivity contribution in [1.29, 1.82) is 0 Å². The van der Waals surface area contributed by atoms with E-state index in [-0.39, 0.29) is 5.91 Å². The maximum absolute atomic E-state index is 12.2. The minimum Gasteiger partial charge on any atom is -0.352 e. The summed E-state index contributed by atoms with van der Waals surface area (Å²) in [6, 6.07) is 8.06. The van der Waals surface area contributed by atoms with Crippen LogP contribution in [0, 0.1) is 6.92 Å². The molecule has 2 heterocycles. The molecule has 4 nitrogen and oxygen atoms in total. The van der Waals surface area contributed by atoms with Crippen LogP contribution >= 0.6 is 11.3 Å². The summed E-state index contributed by atoms with van der Waals surface area (Å²) >= 11 is 1.65. The highest BCUT2D eigenvalue weighted by Gasteiger charge is 2.15. The van der Waals surface area contributed by atoms with Gasteiger partial charge >= 0.3 is 0 Å². The Bertz CT molecular complexity index is 645. The van der Waals surface area contributed by atoms with E-state index in [0.717, 1.165) is 35.8 Å². The van der Waals surface area contributed by atoms with Crippen LogP contribution in [0.1, 0.15) is 45.4 Å². The average molecular weight is 329 g/mol. The van der Waals surface area contributed by atoms with E-state index in [1.54, 1.807) is 11.3 Å². The van der Waals surface area contributed by atoms with Crippen molar-refractivity contribution in [2.45, 2.75) is 32.1 Å². The molecule has 0 aliphatic carbocycles. The molecule has 1 amide bonds. The van der Waals surface area contributed by atoms with Crippen LogP contribution in [-0.4, -0.2) is 30.5 Å². The minimum atomic E-state index is -0.00778. The summed E-state index contributed by atoms with van der Waals surface area (Å²) in [5, 5.41) is 9.51. The van der Waals surface area contributed by atoms with Gasteiger partial charge in [-0.15, -0.1) is 11.3 Å². The van der Waals surface area contributed by atoms with Crippen LogP contribution in [0.2, 0.25) is 0 Å². The van der Waals surface area contributed by atoms with Crippen molar-refractivity contribution in [3.63, 3.8) is 0 Å². The highest BCUT2D eigenvalue weighted by molar-refractivity contribution is 7.09. The molecule has 1 aliphatic rings. The molecule has 1 aliphatic heterocycles. The number of thiazole rings is 1. The molecule has 0 unspecified atom stereocenters. The van der Waals surface area contributed by atoms with Crippen molar-refractivity contribution in [3.05, 3.63) is 51.5 Å². The number of nitrogens with one attached hydrogen (secondary N) is 2. The lowest BCUT2D eigenvalue weighted by molar-refractivity contribution is 0.0954. The van der Waals surface area contributed by atoms with Gasteiger partial charge in [0.25, 0.3) is 5.91 Å². The first-order valence-corrected chi connectivity index (χ1v) is 9.10. The quantitative estimate of drug-likeness (QED) is 0.887. The van der Waals surface area contributed by atoms with Gasteiger partial charge in [0.1, 0.15) is 0 Å². The molecular formula is C18H23N3OS. The van der Waals surface area contributed by atoms with Gasteiger partial charge in [0.05, 0.1) is 5.01 Å². The molecule has 0 radical (unpaired) electrons. The average Bonchev–Trinajstić information content (AvgIpc) is 3.01. The Morgan fingerprint density at radius 1 is 1.39 bits per heavy atom. The van der Waals surface area contributed by atoms with Crippen molar-refractivity contribution in [2.24, 2.45) is 0 Å². The van der Waals surface area contributed by atoms with Crippen LogP contribution in [0.5, 0.6) is 0 Å². The molecule has 23 heavy (non-hydrogen) atoms. The predicted molar refractivity (Wildman–Crippen MR) is 94.2 cm³/mol. The summed E-state index contributed by atoms with van der Waals surface area (Å²) in [7, 11) is 0. The van der Waals surface area contributed by atoms with Crippen LogP contribution in [0.3, 0.4) is 0 Å². The van der Waals surface area contributed by atoms with Gasteiger partial charge in [0, 0.05) is 36.1 Å². The number of hydrogen-bond acceptors (Lipinski definition) is 4. The van der Waals surface area contributed by atoms with E-state index in [9.17, 15) is 4.79 Å². The lowest BCUT2D eigenvalue weighted by atomic mass is 9.91. The third-order valence-electron chi connectivity index (χ3n) is 4.23. The van der Waals surface area contributed by atoms with Gasteiger partial charge < -0.3 is 10.6 Å². The Labute approximate surface area is 141 Å². The van der Waals surface area contributed by atoms with E-state index in [0.29, 0.717) is 12.5 Å². The van der Waals surface area contributed by atoms with E-state index in [1.165, 1.54) is 18.4 Å². The molecule has 1 saturated heterocycles. The molecule has 5 heteroatoms. The van der Waals surface area contributed by atoms with E-state index in [4.69, 9.17) is 0 Å². The van der Waals surface area contributed by atoms with Gasteiger partial charge in [0.15, 0.2) is 0 Å². The number of benzene rings is 1. The molecule has 2 N–H and O–H groups in total. The maximum Gasteiger partial charge on any atom is 0.251 e. The topological polar surface area (TPSA) is 54.0 Å². The first-order valence-electron chi connectivity index (χ1n) is 8.22. The second-order valence-corrected chi connectivity index (χ2v) is 7.00. The zero-order chi connectivity index (χ0) is 16.1. The Morgan fingerprint density at radius 2 is 2.22 bits per heavy atom. The van der Waals surface area contributed by atoms with Crippen LogP contribution in [0.15, 0.2) is 29.6 Å². The highest BCUT2D eigenvalue weighted by Crippen LogP contribution is 2.23. The van der Waals surface area contributed by atoms with E-state index in [2.05, 4.69) is 27.8 Å². The fourth-order valence-corrected chi connectivity index (χ4v) is 3.72. The van der Waals surface area contributed by atoms with Gasteiger partial charge in [-0.3, -0.25) is 4.79 Å². The van der Waals surface area contributed by atoms with Crippen molar-refractivity contribution in [1.82, 2.24) is 15.6 Å². The zero-order valence-corrected chi connectivity index (χ0v) is 14.3. The first kappa shape index (κ1) is 16.1. The molecule has 1 aromatic carbocycles. The number of hydrogen-bond donors (Lipinski definition) is 2. The van der Waals surface area contributed by atoms with Gasteiger partial charge in [-0.1, -0.05) is 12.1 Å². The second-order valence-electron chi connectivity index (χ2n) is 6.05. The summed E-state index contributed by atoms with van der Waals surface area (Å²) in [5.41, 5.74) is 3.10. The highest BCUT2D eigenvalue weighted by atomic mass is 32.1. The number of amides is 1. The van der Waals surface area contributed by atoms with E-state index >= 15 is 0 Å². The third kappa shape index (κ3) is 4.39. The molecule has 1 aromatic heterocycles. The Balaban J connectivity index is 1.50. The molecule has 3 rings (SSSR count). The van der Waals surface area contributed by atoms with Gasteiger partial charge in [0.2, 0.25) is 0 Å². The van der Waals surface area contributed by atoms with Gasteiger partial charge in [-0.2, -0.15) is 0 Å². The van der Waals surface area contributed by atoms with Gasteiger partial charge in [-0.05, 0) is 49.9 Å². The van der Waals surface area contributed by atoms with Crippen LogP contribution in [-0.2, 0) is 6.42 Å². The minimum absolute atomic E-state index is 0.00778. The standard InChI is InChI=1S/C18H23N3OS/c1-13-12-23-17(21-13)8-10-20-18(22)15-6-4-14(5-7-15)16-3-2-9-19-11-16/h4-7,12,16,19H,2-3,8-11H2,1H3,(H,20,22)/t16-/m1/s1. The fourth-order valence-electron chi connectivity index (χ4n) is 2.95. The van der Waals surface area contributed by atoms with Crippen molar-refractivity contribution >= 4 is 17.2 Å². The first-order chi connectivity index (χ1) is 11.2. The van der Waals surface area contributed by atoms with Crippen molar-refractivity contribution in [2.75, 3.05) is 19.6 Å². The molecular weight excluding hydrogens is 306 g/mol. The molecule has 0 spiro atoms. The maximum atomic E-state index is 12.2. The number of aryl methyl sites for hydroxylation is 1. The summed E-state index contributed by atoms with van der Waals surface area (Å²) in [4.78, 5) is 16.6. The number of rotatable bonds is 5. The lowest BCUT2D eigenvalue weighted by Gasteiger charge is -2.23. The molecule has 122 valence electrons. The smallest absolute Gasteiger partial charge is 0.251 e. The van der Waals surface area contributed by atoms with Crippen molar-refractivity contribution < 1.29 is 4.79 Å². The molecule has 0 bridgehead atoms. The predicted octanol–water partition coefficient (Wildman–Crippen LogP) is 2.89. The number of aromatic nitrogens is 1. The SMILES string of the molecule is Cc1csc(CCNC(=O)c2ccc([C@@H]3CCCNC3)cc2)n1. The zero-order valence-electron chi connectivity index (χ0n) is 13.5. The fraction of sp³-hybridized carbons (Fsp3) is 0.444. The number of carbonyl (C=O) groups is 1. The summed E-state index contributed by atoms with van der Waals surface area (Å²) < 4.78 is 0. The Hall–Kier alpha value is -1.72. The Kier molecular flexibility index (Phi) is 5.41. The number of piperidine rings is 1. The van der Waals surface area contributed by atoms with Crippen molar-refractivity contribution in [3.8, 4) is 0 Å². The van der Waals surface area contributed by atoms with Crippen LogP contribution in [0.25, 0.3) is 0 Å². The van der Waals surface area contributed by atoms with E-state index < -0.39 is 0 Å². The second kappa shape index (κ2) is 7.70. The number of nitrogens with zero attached hydrogens (tertiary/aromatic N) is 1. The Morgan fingerprint density at radius 3 is 2.87 bits per heavy atom. The molecule has 1 atom stereocenters. The normalized spacial score (nSPS) is 17.9. The van der Waals surface area contributed by atoms with Crippen LogP contribution in [0.4, 0.5) is 0 Å². The lowest BCUT2D eigenvalue weighted by Crippen LogP contribution is -2.28. The third-order valence-corrected chi connectivity index (χ3v) is 5.26. The van der Waals surface area contributed by atoms with Gasteiger partial charge in [-0.25, -0.2) is 4.98 Å².